The standard InChI is InChI=1S/C15H15NO2/c17-15(14-10-4-5-11-16-14)18-12-6-9-13-7-2-1-3-8-13/h1-5,7-8,10-11H,6,9,12H2. The average molecular weight is 241 g/mol. The Bertz CT molecular complexity index is 482. The summed E-state index contributed by atoms with van der Waals surface area (Å²) < 4.78 is 5.15. The van der Waals surface area contributed by atoms with E-state index in [9.17, 15) is 4.79 Å². The number of hydrogen-bond acceptors (Lipinski definition) is 3. The molecule has 0 aliphatic rings. The van der Waals surface area contributed by atoms with Crippen molar-refractivity contribution in [2.75, 3.05) is 6.61 Å². The molecular weight excluding hydrogens is 226 g/mol. The zero-order chi connectivity index (χ0) is 12.6. The molecule has 0 fully saturated rings. The number of carbonyl (C=O) groups excluding carboxylic acids is 1. The van der Waals surface area contributed by atoms with Gasteiger partial charge in [0.15, 0.2) is 0 Å². The Hall–Kier alpha value is -2.16. The first-order valence-electron chi connectivity index (χ1n) is 5.98. The molecule has 0 amide bonds. The maximum Gasteiger partial charge on any atom is 0.356 e. The topological polar surface area (TPSA) is 39.2 Å². The largest absolute Gasteiger partial charge is 0.461 e. The van der Waals surface area contributed by atoms with E-state index >= 15 is 0 Å². The van der Waals surface area contributed by atoms with Crippen LogP contribution in [0.1, 0.15) is 22.5 Å². The van der Waals surface area contributed by atoms with Gasteiger partial charge in [-0.15, -0.1) is 0 Å². The van der Waals surface area contributed by atoms with Crippen molar-refractivity contribution in [1.82, 2.24) is 4.98 Å². The van der Waals surface area contributed by atoms with Gasteiger partial charge in [0.1, 0.15) is 5.69 Å². The van der Waals surface area contributed by atoms with Crippen molar-refractivity contribution in [1.29, 1.82) is 0 Å². The van der Waals surface area contributed by atoms with Crippen molar-refractivity contribution < 1.29 is 9.53 Å². The van der Waals surface area contributed by atoms with E-state index in [1.54, 1.807) is 24.4 Å². The van der Waals surface area contributed by atoms with Gasteiger partial charge in [0.05, 0.1) is 6.61 Å². The highest BCUT2D eigenvalue weighted by Crippen LogP contribution is 2.03. The smallest absolute Gasteiger partial charge is 0.356 e. The lowest BCUT2D eigenvalue weighted by atomic mass is 10.1. The van der Waals surface area contributed by atoms with E-state index < -0.39 is 0 Å². The number of benzene rings is 1. The lowest BCUT2D eigenvalue weighted by molar-refractivity contribution is 0.0493. The number of hydrogen-bond donors (Lipinski definition) is 0. The van der Waals surface area contributed by atoms with Crippen molar-refractivity contribution in [3.63, 3.8) is 0 Å². The number of aromatic nitrogens is 1. The molecule has 0 atom stereocenters. The van der Waals surface area contributed by atoms with Gasteiger partial charge < -0.3 is 4.74 Å². The SMILES string of the molecule is O=C(OCCCc1ccccc1)c1ccccn1. The highest BCUT2D eigenvalue weighted by molar-refractivity contribution is 5.87. The van der Waals surface area contributed by atoms with E-state index in [0.29, 0.717) is 12.3 Å². The first kappa shape index (κ1) is 12.3. The summed E-state index contributed by atoms with van der Waals surface area (Å²) in [6.45, 7) is 0.421. The number of carbonyl (C=O) groups is 1. The van der Waals surface area contributed by atoms with Crippen LogP contribution in [0, 0.1) is 0 Å². The van der Waals surface area contributed by atoms with Crippen molar-refractivity contribution >= 4 is 5.97 Å². The minimum atomic E-state index is -0.358. The third-order valence-corrected chi connectivity index (χ3v) is 2.56. The molecule has 0 aliphatic carbocycles. The minimum absolute atomic E-state index is 0.358. The second-order valence-corrected chi connectivity index (χ2v) is 3.94. The summed E-state index contributed by atoms with van der Waals surface area (Å²) in [7, 11) is 0. The molecule has 2 aromatic rings. The average Bonchev–Trinajstić information content (AvgIpc) is 2.45. The van der Waals surface area contributed by atoms with Crippen LogP contribution in [-0.2, 0) is 11.2 Å². The molecule has 2 rings (SSSR count). The van der Waals surface area contributed by atoms with Crippen LogP contribution in [0.2, 0.25) is 0 Å². The molecule has 0 aliphatic heterocycles. The number of pyridine rings is 1. The van der Waals surface area contributed by atoms with Gasteiger partial charge in [-0.1, -0.05) is 36.4 Å². The maximum atomic E-state index is 11.6. The highest BCUT2D eigenvalue weighted by atomic mass is 16.5. The van der Waals surface area contributed by atoms with Crippen LogP contribution in [0.5, 0.6) is 0 Å². The molecule has 1 aromatic carbocycles. The Morgan fingerprint density at radius 1 is 1.06 bits per heavy atom. The second-order valence-electron chi connectivity index (χ2n) is 3.94. The number of esters is 1. The van der Waals surface area contributed by atoms with Crippen LogP contribution in [0.4, 0.5) is 0 Å². The third kappa shape index (κ3) is 3.70. The summed E-state index contributed by atoms with van der Waals surface area (Å²) in [5, 5.41) is 0. The quantitative estimate of drug-likeness (QED) is 0.597. The van der Waals surface area contributed by atoms with Crippen LogP contribution in [0.15, 0.2) is 54.7 Å². The van der Waals surface area contributed by atoms with Gasteiger partial charge in [0.25, 0.3) is 0 Å². The summed E-state index contributed by atoms with van der Waals surface area (Å²) in [5.41, 5.74) is 1.61. The number of rotatable bonds is 5. The zero-order valence-electron chi connectivity index (χ0n) is 10.1. The Morgan fingerprint density at radius 3 is 2.56 bits per heavy atom. The predicted molar refractivity (Wildman–Crippen MR) is 69.3 cm³/mol. The summed E-state index contributed by atoms with van der Waals surface area (Å²) in [6, 6.07) is 15.3. The van der Waals surface area contributed by atoms with Gasteiger partial charge in [-0.25, -0.2) is 9.78 Å². The van der Waals surface area contributed by atoms with E-state index in [1.165, 1.54) is 5.56 Å². The first-order valence-corrected chi connectivity index (χ1v) is 5.98. The van der Waals surface area contributed by atoms with E-state index in [-0.39, 0.29) is 5.97 Å². The maximum absolute atomic E-state index is 11.6. The van der Waals surface area contributed by atoms with Crippen LogP contribution in [0.3, 0.4) is 0 Å². The van der Waals surface area contributed by atoms with E-state index in [1.807, 2.05) is 18.2 Å². The second kappa shape index (κ2) is 6.55. The summed E-state index contributed by atoms with van der Waals surface area (Å²) in [6.07, 6.45) is 3.32. The Labute approximate surface area is 106 Å². The van der Waals surface area contributed by atoms with E-state index in [4.69, 9.17) is 4.74 Å². The number of ether oxygens (including phenoxy) is 1. The predicted octanol–water partition coefficient (Wildman–Crippen LogP) is 2.87. The summed E-state index contributed by atoms with van der Waals surface area (Å²) in [5.74, 6) is -0.358. The van der Waals surface area contributed by atoms with Crippen LogP contribution in [-0.4, -0.2) is 17.6 Å². The molecule has 0 radical (unpaired) electrons. The van der Waals surface area contributed by atoms with Gasteiger partial charge in [0, 0.05) is 6.20 Å². The van der Waals surface area contributed by atoms with Gasteiger partial charge in [-0.2, -0.15) is 0 Å². The molecule has 92 valence electrons. The molecule has 0 spiro atoms. The third-order valence-electron chi connectivity index (χ3n) is 2.56. The van der Waals surface area contributed by atoms with Crippen molar-refractivity contribution in [2.45, 2.75) is 12.8 Å². The lowest BCUT2D eigenvalue weighted by Gasteiger charge is -2.04. The molecule has 0 saturated heterocycles. The van der Waals surface area contributed by atoms with Crippen LogP contribution >= 0.6 is 0 Å². The Balaban J connectivity index is 1.72. The summed E-state index contributed by atoms with van der Waals surface area (Å²) in [4.78, 5) is 15.5. The molecular formula is C15H15NO2. The fraction of sp³-hybridized carbons (Fsp3) is 0.200. The normalized spacial score (nSPS) is 10.0. The van der Waals surface area contributed by atoms with Crippen molar-refractivity contribution in [3.05, 3.63) is 66.0 Å². The molecule has 0 bridgehead atoms. The molecule has 3 nitrogen and oxygen atoms in total. The van der Waals surface area contributed by atoms with Gasteiger partial charge in [0.2, 0.25) is 0 Å². The lowest BCUT2D eigenvalue weighted by Crippen LogP contribution is -2.08. The van der Waals surface area contributed by atoms with Gasteiger partial charge in [-0.05, 0) is 30.5 Å². The van der Waals surface area contributed by atoms with Crippen molar-refractivity contribution in [3.8, 4) is 0 Å². The molecule has 0 unspecified atom stereocenters. The van der Waals surface area contributed by atoms with Gasteiger partial charge >= 0.3 is 5.97 Å². The Morgan fingerprint density at radius 2 is 1.83 bits per heavy atom. The fourth-order valence-electron chi connectivity index (χ4n) is 1.64. The molecule has 18 heavy (non-hydrogen) atoms. The van der Waals surface area contributed by atoms with E-state index in [2.05, 4.69) is 17.1 Å². The molecule has 1 aromatic heterocycles. The Kier molecular flexibility index (Phi) is 4.47. The van der Waals surface area contributed by atoms with E-state index in [0.717, 1.165) is 12.8 Å². The first-order chi connectivity index (χ1) is 8.86. The summed E-state index contributed by atoms with van der Waals surface area (Å²) >= 11 is 0. The van der Waals surface area contributed by atoms with Crippen LogP contribution < -0.4 is 0 Å². The molecule has 0 saturated carbocycles. The number of aryl methyl sites for hydroxylation is 1. The zero-order valence-corrected chi connectivity index (χ0v) is 10.1. The highest BCUT2D eigenvalue weighted by Gasteiger charge is 2.06. The molecule has 1 heterocycles. The minimum Gasteiger partial charge on any atom is -0.461 e. The fourth-order valence-corrected chi connectivity index (χ4v) is 1.64. The van der Waals surface area contributed by atoms with Gasteiger partial charge in [-0.3, -0.25) is 0 Å². The monoisotopic (exact) mass is 241 g/mol. The van der Waals surface area contributed by atoms with Crippen molar-refractivity contribution in [2.24, 2.45) is 0 Å². The molecule has 0 N–H and O–H groups in total. The number of nitrogens with zero attached hydrogens (tertiary/aromatic N) is 1. The van der Waals surface area contributed by atoms with Crippen LogP contribution in [0.25, 0.3) is 0 Å². The molecule has 3 heteroatoms.